The second-order valence-corrected chi connectivity index (χ2v) is 4.59. The maximum absolute atomic E-state index is 9.05. The van der Waals surface area contributed by atoms with E-state index in [4.69, 9.17) is 5.11 Å². The van der Waals surface area contributed by atoms with Crippen molar-refractivity contribution >= 4 is 26.6 Å². The Bertz CT molecular complexity index is 307. The minimum atomic E-state index is 0.301. The molecule has 0 atom stereocenters. The molecule has 0 radical (unpaired) electrons. The molecule has 0 saturated heterocycles. The molecular formula is C8H7NOS2. The summed E-state index contributed by atoms with van der Waals surface area (Å²) in [6.07, 6.45) is 0. The summed E-state index contributed by atoms with van der Waals surface area (Å²) in [6.45, 7) is 0. The van der Waals surface area contributed by atoms with E-state index in [1.165, 1.54) is 0 Å². The minimum Gasteiger partial charge on any atom is -0.508 e. The molecule has 0 spiro atoms. The highest BCUT2D eigenvalue weighted by atomic mass is 33.1. The predicted molar refractivity (Wildman–Crippen MR) is 54.7 cm³/mol. The quantitative estimate of drug-likeness (QED) is 0.702. The second kappa shape index (κ2) is 3.41. The molecule has 0 fully saturated rings. The van der Waals surface area contributed by atoms with E-state index in [2.05, 4.69) is 4.99 Å². The first-order valence-corrected chi connectivity index (χ1v) is 5.81. The van der Waals surface area contributed by atoms with Gasteiger partial charge in [-0.3, -0.25) is 4.99 Å². The SMILES string of the molecule is Oc1ccc(C2=NCSS2)cc1. The van der Waals surface area contributed by atoms with Gasteiger partial charge in [-0.15, -0.1) is 0 Å². The first-order chi connectivity index (χ1) is 5.86. The topological polar surface area (TPSA) is 32.6 Å². The lowest BCUT2D eigenvalue weighted by molar-refractivity contribution is 0.475. The van der Waals surface area contributed by atoms with E-state index in [0.29, 0.717) is 5.75 Å². The van der Waals surface area contributed by atoms with Crippen molar-refractivity contribution in [3.63, 3.8) is 0 Å². The summed E-state index contributed by atoms with van der Waals surface area (Å²) in [5.74, 6) is 1.14. The third-order valence-electron chi connectivity index (χ3n) is 1.51. The van der Waals surface area contributed by atoms with E-state index in [0.717, 1.165) is 16.5 Å². The molecule has 1 heterocycles. The molecule has 4 heteroatoms. The van der Waals surface area contributed by atoms with Gasteiger partial charge in [0, 0.05) is 5.56 Å². The maximum atomic E-state index is 9.05. The van der Waals surface area contributed by atoms with Crippen LogP contribution in [0.3, 0.4) is 0 Å². The van der Waals surface area contributed by atoms with Crippen LogP contribution in [-0.4, -0.2) is 16.0 Å². The third kappa shape index (κ3) is 1.59. The predicted octanol–water partition coefficient (Wildman–Crippen LogP) is 2.49. The fraction of sp³-hybridized carbons (Fsp3) is 0.125. The van der Waals surface area contributed by atoms with Crippen molar-refractivity contribution in [1.82, 2.24) is 0 Å². The Labute approximate surface area is 78.5 Å². The number of phenolic OH excluding ortho intramolecular Hbond substituents is 1. The van der Waals surface area contributed by atoms with Gasteiger partial charge in [0.1, 0.15) is 10.8 Å². The van der Waals surface area contributed by atoms with Crippen LogP contribution < -0.4 is 0 Å². The molecule has 2 rings (SSSR count). The van der Waals surface area contributed by atoms with Crippen molar-refractivity contribution in [2.45, 2.75) is 0 Å². The van der Waals surface area contributed by atoms with Crippen LogP contribution in [0.5, 0.6) is 5.75 Å². The average molecular weight is 197 g/mol. The fourth-order valence-corrected chi connectivity index (χ4v) is 2.81. The number of aromatic hydroxyl groups is 1. The van der Waals surface area contributed by atoms with Crippen molar-refractivity contribution < 1.29 is 5.11 Å². The Morgan fingerprint density at radius 2 is 2.00 bits per heavy atom. The van der Waals surface area contributed by atoms with Gasteiger partial charge in [0.05, 0.1) is 5.88 Å². The number of hydrogen-bond acceptors (Lipinski definition) is 4. The number of benzene rings is 1. The van der Waals surface area contributed by atoms with Gasteiger partial charge in [-0.05, 0) is 35.1 Å². The van der Waals surface area contributed by atoms with E-state index in [-0.39, 0.29) is 0 Å². The summed E-state index contributed by atoms with van der Waals surface area (Å²) in [5, 5.41) is 10.1. The zero-order chi connectivity index (χ0) is 8.39. The molecule has 1 aliphatic heterocycles. The van der Waals surface area contributed by atoms with Crippen molar-refractivity contribution in [3.8, 4) is 5.75 Å². The molecule has 1 aromatic rings. The molecule has 1 aromatic carbocycles. The zero-order valence-electron chi connectivity index (χ0n) is 6.23. The third-order valence-corrected chi connectivity index (χ3v) is 3.53. The van der Waals surface area contributed by atoms with Gasteiger partial charge < -0.3 is 5.11 Å². The van der Waals surface area contributed by atoms with E-state index >= 15 is 0 Å². The van der Waals surface area contributed by atoms with Crippen LogP contribution in [0.25, 0.3) is 0 Å². The van der Waals surface area contributed by atoms with Crippen molar-refractivity contribution in [3.05, 3.63) is 29.8 Å². The molecule has 62 valence electrons. The van der Waals surface area contributed by atoms with Gasteiger partial charge in [-0.25, -0.2) is 0 Å². The Hall–Kier alpha value is -0.610. The molecule has 0 unspecified atom stereocenters. The molecule has 0 bridgehead atoms. The summed E-state index contributed by atoms with van der Waals surface area (Å²) in [4.78, 5) is 4.30. The molecule has 0 aromatic heterocycles. The lowest BCUT2D eigenvalue weighted by Gasteiger charge is -1.97. The van der Waals surface area contributed by atoms with Gasteiger partial charge >= 0.3 is 0 Å². The molecule has 0 saturated carbocycles. The van der Waals surface area contributed by atoms with Crippen LogP contribution >= 0.6 is 21.6 Å². The van der Waals surface area contributed by atoms with Crippen molar-refractivity contribution in [2.75, 3.05) is 5.88 Å². The van der Waals surface area contributed by atoms with Crippen LogP contribution in [0.1, 0.15) is 5.56 Å². The summed E-state index contributed by atoms with van der Waals surface area (Å²) in [5.41, 5.74) is 1.09. The number of hydrogen-bond donors (Lipinski definition) is 1. The molecule has 1 aliphatic rings. The number of nitrogens with zero attached hydrogens (tertiary/aromatic N) is 1. The number of rotatable bonds is 1. The molecule has 12 heavy (non-hydrogen) atoms. The minimum absolute atomic E-state index is 0.301. The summed E-state index contributed by atoms with van der Waals surface area (Å²) in [7, 11) is 3.42. The van der Waals surface area contributed by atoms with Crippen molar-refractivity contribution in [2.24, 2.45) is 4.99 Å². The molecule has 2 nitrogen and oxygen atoms in total. The second-order valence-electron chi connectivity index (χ2n) is 2.34. The molecule has 0 aliphatic carbocycles. The van der Waals surface area contributed by atoms with Crippen LogP contribution in [0.2, 0.25) is 0 Å². The Balaban J connectivity index is 2.28. The van der Waals surface area contributed by atoms with E-state index in [1.807, 2.05) is 12.1 Å². The van der Waals surface area contributed by atoms with Gasteiger partial charge in [0.25, 0.3) is 0 Å². The van der Waals surface area contributed by atoms with Crippen LogP contribution in [-0.2, 0) is 0 Å². The first kappa shape index (κ1) is 8.01. The number of aliphatic imine (C=N–C) groups is 1. The lowest BCUT2D eigenvalue weighted by Crippen LogP contribution is -1.89. The average Bonchev–Trinajstić information content (AvgIpc) is 2.58. The van der Waals surface area contributed by atoms with E-state index < -0.39 is 0 Å². The Kier molecular flexibility index (Phi) is 2.28. The van der Waals surface area contributed by atoms with Gasteiger partial charge in [-0.1, -0.05) is 10.8 Å². The fourth-order valence-electron chi connectivity index (χ4n) is 0.937. The zero-order valence-corrected chi connectivity index (χ0v) is 7.86. The van der Waals surface area contributed by atoms with Crippen LogP contribution in [0.15, 0.2) is 29.3 Å². The smallest absolute Gasteiger partial charge is 0.115 e. The highest BCUT2D eigenvalue weighted by molar-refractivity contribution is 8.82. The lowest BCUT2D eigenvalue weighted by atomic mass is 10.2. The molecule has 0 amide bonds. The number of phenols is 1. The summed E-state index contributed by atoms with van der Waals surface area (Å²) in [6, 6.07) is 7.13. The Morgan fingerprint density at radius 1 is 1.25 bits per heavy atom. The maximum Gasteiger partial charge on any atom is 0.115 e. The molecular weight excluding hydrogens is 190 g/mol. The molecule has 1 N–H and O–H groups in total. The van der Waals surface area contributed by atoms with E-state index in [1.54, 1.807) is 33.7 Å². The van der Waals surface area contributed by atoms with Crippen LogP contribution in [0, 0.1) is 0 Å². The van der Waals surface area contributed by atoms with Crippen LogP contribution in [0.4, 0.5) is 0 Å². The van der Waals surface area contributed by atoms with Gasteiger partial charge in [-0.2, -0.15) is 0 Å². The summed E-state index contributed by atoms with van der Waals surface area (Å²) < 4.78 is 0. The first-order valence-electron chi connectivity index (χ1n) is 3.49. The normalized spacial score (nSPS) is 16.2. The summed E-state index contributed by atoms with van der Waals surface area (Å²) >= 11 is 0. The standard InChI is InChI=1S/C8H7NOS2/c10-7-3-1-6(2-4-7)8-9-5-11-12-8/h1-4,10H,5H2. The highest BCUT2D eigenvalue weighted by Crippen LogP contribution is 2.33. The van der Waals surface area contributed by atoms with Gasteiger partial charge in [0.2, 0.25) is 0 Å². The van der Waals surface area contributed by atoms with E-state index in [9.17, 15) is 0 Å². The van der Waals surface area contributed by atoms with Gasteiger partial charge in [0.15, 0.2) is 0 Å². The van der Waals surface area contributed by atoms with Crippen molar-refractivity contribution in [1.29, 1.82) is 0 Å². The monoisotopic (exact) mass is 197 g/mol. The highest BCUT2D eigenvalue weighted by Gasteiger charge is 2.09. The Morgan fingerprint density at radius 3 is 2.58 bits per heavy atom. The largest absolute Gasteiger partial charge is 0.508 e.